The molecule has 140 valence electrons. The smallest absolute Gasteiger partial charge is 0.348 e. The lowest BCUT2D eigenvalue weighted by atomic mass is 10.2. The van der Waals surface area contributed by atoms with E-state index in [1.165, 1.54) is 11.3 Å². The number of esters is 1. The van der Waals surface area contributed by atoms with Crippen LogP contribution in [0.25, 0.3) is 10.2 Å². The molecular weight excluding hydrogens is 360 g/mol. The molecule has 0 aliphatic carbocycles. The van der Waals surface area contributed by atoms with Crippen LogP contribution >= 0.6 is 11.3 Å². The van der Waals surface area contributed by atoms with Crippen molar-refractivity contribution >= 4 is 27.5 Å². The van der Waals surface area contributed by atoms with Gasteiger partial charge in [0.05, 0.1) is 12.0 Å². The van der Waals surface area contributed by atoms with E-state index in [1.807, 2.05) is 37.3 Å². The number of hydrogen-bond acceptors (Lipinski definition) is 5. The third kappa shape index (κ3) is 3.54. The fraction of sp³-hybridized carbons (Fsp3) is 0.381. The van der Waals surface area contributed by atoms with Gasteiger partial charge < -0.3 is 4.74 Å². The van der Waals surface area contributed by atoms with Gasteiger partial charge in [0, 0.05) is 19.4 Å². The molecule has 5 nitrogen and oxygen atoms in total. The van der Waals surface area contributed by atoms with Crippen molar-refractivity contribution in [2.45, 2.75) is 45.6 Å². The number of fused-ring (bicyclic) bond motifs is 2. The lowest BCUT2D eigenvalue weighted by Crippen LogP contribution is -2.24. The van der Waals surface area contributed by atoms with Crippen LogP contribution in [0, 0.1) is 6.92 Å². The zero-order valence-corrected chi connectivity index (χ0v) is 16.2. The van der Waals surface area contributed by atoms with Crippen LogP contribution in [0.15, 0.2) is 35.1 Å². The zero-order chi connectivity index (χ0) is 18.8. The molecule has 1 aliphatic heterocycles. The normalized spacial score (nSPS) is 14.0. The van der Waals surface area contributed by atoms with Gasteiger partial charge >= 0.3 is 5.97 Å². The Morgan fingerprint density at radius 3 is 2.85 bits per heavy atom. The Morgan fingerprint density at radius 1 is 1.22 bits per heavy atom. The van der Waals surface area contributed by atoms with E-state index in [1.54, 1.807) is 4.57 Å². The van der Waals surface area contributed by atoms with Gasteiger partial charge in [-0.15, -0.1) is 11.3 Å². The Balaban J connectivity index is 1.59. The Kier molecular flexibility index (Phi) is 5.07. The van der Waals surface area contributed by atoms with Gasteiger partial charge in [0.15, 0.2) is 0 Å². The molecular formula is C21H22N2O3S. The lowest BCUT2D eigenvalue weighted by Gasteiger charge is -2.08. The highest BCUT2D eigenvalue weighted by Gasteiger charge is 2.23. The van der Waals surface area contributed by atoms with E-state index < -0.39 is 0 Å². The van der Waals surface area contributed by atoms with E-state index in [0.717, 1.165) is 37.1 Å². The first kappa shape index (κ1) is 17.9. The first-order valence-electron chi connectivity index (χ1n) is 9.39. The quantitative estimate of drug-likeness (QED) is 0.642. The minimum atomic E-state index is -0.369. The molecule has 0 fully saturated rings. The number of rotatable bonds is 4. The van der Waals surface area contributed by atoms with Crippen molar-refractivity contribution in [1.82, 2.24) is 9.55 Å². The summed E-state index contributed by atoms with van der Waals surface area (Å²) >= 11 is 1.27. The van der Waals surface area contributed by atoms with Crippen molar-refractivity contribution in [1.29, 1.82) is 0 Å². The first-order chi connectivity index (χ1) is 13.1. The minimum Gasteiger partial charge on any atom is -0.461 e. The highest BCUT2D eigenvalue weighted by Crippen LogP contribution is 2.29. The van der Waals surface area contributed by atoms with E-state index in [-0.39, 0.29) is 11.5 Å². The fourth-order valence-corrected chi connectivity index (χ4v) is 4.66. The second-order valence-corrected chi connectivity index (χ2v) is 7.90. The van der Waals surface area contributed by atoms with Gasteiger partial charge in [0.2, 0.25) is 0 Å². The average molecular weight is 382 g/mol. The molecule has 0 amide bonds. The first-order valence-corrected chi connectivity index (χ1v) is 10.2. The summed E-state index contributed by atoms with van der Waals surface area (Å²) in [6.45, 7) is 2.85. The monoisotopic (exact) mass is 382 g/mol. The maximum atomic E-state index is 13.0. The summed E-state index contributed by atoms with van der Waals surface area (Å²) < 4.78 is 7.25. The van der Waals surface area contributed by atoms with Crippen molar-refractivity contribution in [2.75, 3.05) is 6.61 Å². The van der Waals surface area contributed by atoms with Crippen LogP contribution in [0.3, 0.4) is 0 Å². The summed E-state index contributed by atoms with van der Waals surface area (Å²) in [5, 5.41) is 0.570. The molecule has 6 heteroatoms. The second-order valence-electron chi connectivity index (χ2n) is 6.90. The van der Waals surface area contributed by atoms with E-state index in [2.05, 4.69) is 0 Å². The summed E-state index contributed by atoms with van der Waals surface area (Å²) in [5.41, 5.74) is 1.80. The molecule has 4 rings (SSSR count). The van der Waals surface area contributed by atoms with Gasteiger partial charge in [-0.1, -0.05) is 36.8 Å². The molecule has 0 N–H and O–H groups in total. The molecule has 1 aromatic carbocycles. The highest BCUT2D eigenvalue weighted by atomic mass is 32.1. The van der Waals surface area contributed by atoms with Crippen molar-refractivity contribution in [3.8, 4) is 0 Å². The number of ether oxygens (including phenoxy) is 1. The van der Waals surface area contributed by atoms with Crippen molar-refractivity contribution in [3.05, 3.63) is 62.5 Å². The molecule has 2 aromatic heterocycles. The Labute approximate surface area is 161 Å². The van der Waals surface area contributed by atoms with Gasteiger partial charge in [0.1, 0.15) is 15.5 Å². The van der Waals surface area contributed by atoms with Crippen LogP contribution in [-0.4, -0.2) is 22.1 Å². The predicted octanol–water partition coefficient (Wildman–Crippen LogP) is 3.89. The van der Waals surface area contributed by atoms with E-state index in [4.69, 9.17) is 9.72 Å². The van der Waals surface area contributed by atoms with Crippen LogP contribution in [0.4, 0.5) is 0 Å². The number of nitrogens with zero attached hydrogens (tertiary/aromatic N) is 2. The Morgan fingerprint density at radius 2 is 2.04 bits per heavy atom. The average Bonchev–Trinajstić information content (AvgIpc) is 2.85. The molecule has 1 aliphatic rings. The molecule has 0 unspecified atom stereocenters. The number of benzene rings is 1. The predicted molar refractivity (Wildman–Crippen MR) is 107 cm³/mol. The zero-order valence-electron chi connectivity index (χ0n) is 15.4. The van der Waals surface area contributed by atoms with Crippen LogP contribution in [0.5, 0.6) is 0 Å². The van der Waals surface area contributed by atoms with Crippen LogP contribution in [0.2, 0.25) is 0 Å². The summed E-state index contributed by atoms with van der Waals surface area (Å²) in [4.78, 5) is 31.4. The number of carbonyl (C=O) groups is 1. The topological polar surface area (TPSA) is 61.2 Å². The SMILES string of the molecule is Cc1c(C(=O)OCCc2ccccc2)sc2nc3n(c(=O)c12)CCCCC3. The molecule has 0 spiro atoms. The van der Waals surface area contributed by atoms with E-state index in [9.17, 15) is 9.59 Å². The lowest BCUT2D eigenvalue weighted by molar-refractivity contribution is 0.0514. The van der Waals surface area contributed by atoms with Crippen LogP contribution in [-0.2, 0) is 24.1 Å². The largest absolute Gasteiger partial charge is 0.461 e. The molecule has 3 aromatic rings. The maximum Gasteiger partial charge on any atom is 0.348 e. The molecule has 0 bridgehead atoms. The standard InChI is InChI=1S/C21H22N2O3S/c1-14-17-19(22-16-10-6-3-7-12-23(16)20(17)24)27-18(14)21(25)26-13-11-15-8-4-2-5-9-15/h2,4-5,8-9H,3,6-7,10-13H2,1H3. The van der Waals surface area contributed by atoms with Gasteiger partial charge in [-0.25, -0.2) is 9.78 Å². The minimum absolute atomic E-state index is 0.0195. The molecule has 3 heterocycles. The number of hydrogen-bond donors (Lipinski definition) is 0. The summed E-state index contributed by atoms with van der Waals surface area (Å²) in [5.74, 6) is 0.473. The second kappa shape index (κ2) is 7.64. The van der Waals surface area contributed by atoms with E-state index >= 15 is 0 Å². The maximum absolute atomic E-state index is 13.0. The number of aromatic nitrogens is 2. The van der Waals surface area contributed by atoms with E-state index in [0.29, 0.717) is 40.2 Å². The molecule has 0 atom stereocenters. The highest BCUT2D eigenvalue weighted by molar-refractivity contribution is 7.20. The molecule has 0 saturated carbocycles. The van der Waals surface area contributed by atoms with Gasteiger partial charge in [-0.3, -0.25) is 9.36 Å². The number of thiophene rings is 1. The molecule has 0 radical (unpaired) electrons. The third-order valence-corrected chi connectivity index (χ3v) is 6.23. The van der Waals surface area contributed by atoms with Crippen molar-refractivity contribution in [2.24, 2.45) is 0 Å². The summed E-state index contributed by atoms with van der Waals surface area (Å²) in [6, 6.07) is 9.92. The number of carbonyl (C=O) groups excluding carboxylic acids is 1. The van der Waals surface area contributed by atoms with Gasteiger partial charge in [-0.2, -0.15) is 0 Å². The summed E-state index contributed by atoms with van der Waals surface area (Å²) in [6.07, 6.45) is 4.66. The van der Waals surface area contributed by atoms with Crippen LogP contribution in [0.1, 0.15) is 45.9 Å². The van der Waals surface area contributed by atoms with Gasteiger partial charge in [0.25, 0.3) is 5.56 Å². The fourth-order valence-electron chi connectivity index (χ4n) is 3.58. The molecule has 0 saturated heterocycles. The van der Waals surface area contributed by atoms with Crippen molar-refractivity contribution < 1.29 is 9.53 Å². The number of aryl methyl sites for hydroxylation is 2. The van der Waals surface area contributed by atoms with Crippen LogP contribution < -0.4 is 5.56 Å². The Bertz CT molecular complexity index is 1040. The Hall–Kier alpha value is -2.47. The van der Waals surface area contributed by atoms with Crippen molar-refractivity contribution in [3.63, 3.8) is 0 Å². The summed E-state index contributed by atoms with van der Waals surface area (Å²) in [7, 11) is 0. The molecule has 27 heavy (non-hydrogen) atoms. The van der Waals surface area contributed by atoms with Gasteiger partial charge in [-0.05, 0) is 30.9 Å². The third-order valence-electron chi connectivity index (χ3n) is 5.06.